The van der Waals surface area contributed by atoms with Gasteiger partial charge in [0.1, 0.15) is 5.54 Å². The van der Waals surface area contributed by atoms with E-state index < -0.39 is 17.5 Å². The van der Waals surface area contributed by atoms with Crippen LogP contribution in [-0.2, 0) is 9.53 Å². The van der Waals surface area contributed by atoms with Crippen molar-refractivity contribution in [3.8, 4) is 0 Å². The molecule has 1 N–H and O–H groups in total. The number of carbonyl (C=O) groups is 2. The van der Waals surface area contributed by atoms with Gasteiger partial charge in [-0.25, -0.2) is 9.59 Å². The van der Waals surface area contributed by atoms with Gasteiger partial charge < -0.3 is 10.1 Å². The van der Waals surface area contributed by atoms with Crippen molar-refractivity contribution in [3.05, 3.63) is 58.6 Å². The number of methoxy groups -OCH3 is 1. The molecule has 5 nitrogen and oxygen atoms in total. The van der Waals surface area contributed by atoms with Crippen molar-refractivity contribution in [1.29, 1.82) is 0 Å². The molecule has 0 aliphatic heterocycles. The van der Waals surface area contributed by atoms with E-state index in [9.17, 15) is 9.59 Å². The number of halogens is 2. The molecule has 0 spiro atoms. The molecule has 3 rings (SSSR count). The molecule has 0 aromatic heterocycles. The normalized spacial score (nSPS) is 14.5. The molecule has 1 fully saturated rings. The number of carbonyl (C=O) groups excluding carboxylic acids is 2. The van der Waals surface area contributed by atoms with Crippen molar-refractivity contribution < 1.29 is 14.3 Å². The molecule has 0 saturated heterocycles. The smallest absolute Gasteiger partial charge is 0.332 e. The van der Waals surface area contributed by atoms with E-state index in [-0.39, 0.29) is 0 Å². The van der Waals surface area contributed by atoms with Gasteiger partial charge in [-0.1, -0.05) is 23.2 Å². The highest BCUT2D eigenvalue weighted by Gasteiger charge is 2.58. The number of nitrogens with zero attached hydrogens (tertiary/aromatic N) is 1. The van der Waals surface area contributed by atoms with Crippen LogP contribution in [0.25, 0.3) is 0 Å². The molecule has 1 aliphatic rings. The van der Waals surface area contributed by atoms with Crippen molar-refractivity contribution in [2.24, 2.45) is 0 Å². The second-order valence-corrected chi connectivity index (χ2v) is 6.64. The Hall–Kier alpha value is -2.24. The van der Waals surface area contributed by atoms with E-state index in [4.69, 9.17) is 27.9 Å². The number of ether oxygens (including phenoxy) is 1. The molecule has 0 bridgehead atoms. The van der Waals surface area contributed by atoms with Gasteiger partial charge in [0.2, 0.25) is 0 Å². The van der Waals surface area contributed by atoms with Gasteiger partial charge in [-0.05, 0) is 61.4 Å². The quantitative estimate of drug-likeness (QED) is 0.781. The molecular weight excluding hydrogens is 363 g/mol. The Kier molecular flexibility index (Phi) is 4.88. The summed E-state index contributed by atoms with van der Waals surface area (Å²) >= 11 is 11.8. The van der Waals surface area contributed by atoms with Crippen LogP contribution in [0.1, 0.15) is 12.8 Å². The Bertz CT molecular complexity index is 787. The molecule has 130 valence electrons. The van der Waals surface area contributed by atoms with E-state index in [0.717, 1.165) is 0 Å². The molecule has 2 aromatic carbocycles. The number of rotatable bonds is 4. The minimum absolute atomic E-state index is 0.424. The minimum atomic E-state index is -0.987. The van der Waals surface area contributed by atoms with Crippen molar-refractivity contribution in [1.82, 2.24) is 0 Å². The summed E-state index contributed by atoms with van der Waals surface area (Å²) in [4.78, 5) is 26.7. The maximum atomic E-state index is 12.9. The van der Waals surface area contributed by atoms with Crippen LogP contribution in [0, 0.1) is 0 Å². The van der Waals surface area contributed by atoms with Gasteiger partial charge in [-0.3, -0.25) is 4.90 Å². The number of hydrogen-bond donors (Lipinski definition) is 1. The van der Waals surface area contributed by atoms with E-state index in [1.807, 2.05) is 0 Å². The van der Waals surface area contributed by atoms with Crippen LogP contribution in [0.5, 0.6) is 0 Å². The van der Waals surface area contributed by atoms with E-state index >= 15 is 0 Å². The summed E-state index contributed by atoms with van der Waals surface area (Å²) in [5.41, 5.74) is 0.159. The molecule has 2 aromatic rings. The fraction of sp³-hybridized carbons (Fsp3) is 0.222. The van der Waals surface area contributed by atoms with Crippen molar-refractivity contribution in [3.63, 3.8) is 0 Å². The first-order chi connectivity index (χ1) is 12.0. The predicted octanol–water partition coefficient (Wildman–Crippen LogP) is 4.74. The van der Waals surface area contributed by atoms with Crippen molar-refractivity contribution >= 4 is 46.6 Å². The molecule has 0 unspecified atom stereocenters. The SMILES string of the molecule is COC(=O)C1(N(C(=O)Nc2ccc(Cl)cc2)c2ccc(Cl)cc2)CC1. The van der Waals surface area contributed by atoms with Crippen LogP contribution in [-0.4, -0.2) is 24.6 Å². The topological polar surface area (TPSA) is 58.6 Å². The zero-order valence-corrected chi connectivity index (χ0v) is 15.0. The van der Waals surface area contributed by atoms with Gasteiger partial charge in [0.05, 0.1) is 7.11 Å². The number of amides is 2. The zero-order valence-electron chi connectivity index (χ0n) is 13.5. The van der Waals surface area contributed by atoms with Gasteiger partial charge >= 0.3 is 12.0 Å². The van der Waals surface area contributed by atoms with Crippen LogP contribution < -0.4 is 10.2 Å². The van der Waals surface area contributed by atoms with Gasteiger partial charge in [0.15, 0.2) is 0 Å². The molecule has 2 amide bonds. The Morgan fingerprint density at radius 2 is 1.52 bits per heavy atom. The van der Waals surface area contributed by atoms with Crippen LogP contribution in [0.2, 0.25) is 10.0 Å². The van der Waals surface area contributed by atoms with Gasteiger partial charge in [0.25, 0.3) is 0 Å². The van der Waals surface area contributed by atoms with Gasteiger partial charge in [0, 0.05) is 21.4 Å². The molecule has 0 heterocycles. The molecule has 0 atom stereocenters. The summed E-state index contributed by atoms with van der Waals surface area (Å²) in [6, 6.07) is 13.1. The lowest BCUT2D eigenvalue weighted by atomic mass is 10.2. The number of esters is 1. The van der Waals surface area contributed by atoms with Crippen molar-refractivity contribution in [2.75, 3.05) is 17.3 Å². The summed E-state index contributed by atoms with van der Waals surface area (Å²) in [5, 5.41) is 3.91. The molecule has 25 heavy (non-hydrogen) atoms. The monoisotopic (exact) mass is 378 g/mol. The van der Waals surface area contributed by atoms with Gasteiger partial charge in [-0.15, -0.1) is 0 Å². The second-order valence-electron chi connectivity index (χ2n) is 5.77. The molecule has 1 aliphatic carbocycles. The third-order valence-electron chi connectivity index (χ3n) is 4.10. The summed E-state index contributed by atoms with van der Waals surface area (Å²) in [6.07, 6.45) is 1.08. The molecule has 1 saturated carbocycles. The standard InChI is InChI=1S/C18H16Cl2N2O3/c1-25-16(23)18(10-11-18)22(15-8-4-13(20)5-9-15)17(24)21-14-6-2-12(19)3-7-14/h2-9H,10-11H2,1H3,(H,21,24). The Morgan fingerprint density at radius 1 is 1.00 bits per heavy atom. The number of anilines is 2. The highest BCUT2D eigenvalue weighted by Crippen LogP contribution is 2.45. The van der Waals surface area contributed by atoms with E-state index in [1.165, 1.54) is 12.0 Å². The lowest BCUT2D eigenvalue weighted by molar-refractivity contribution is -0.143. The van der Waals surface area contributed by atoms with Crippen LogP contribution >= 0.6 is 23.2 Å². The summed E-state index contributed by atoms with van der Waals surface area (Å²) < 4.78 is 4.92. The molecular formula is C18H16Cl2N2O3. The number of benzene rings is 2. The highest BCUT2D eigenvalue weighted by molar-refractivity contribution is 6.31. The Balaban J connectivity index is 1.93. The largest absolute Gasteiger partial charge is 0.467 e. The first kappa shape index (κ1) is 17.6. The van der Waals surface area contributed by atoms with Crippen LogP contribution in [0.3, 0.4) is 0 Å². The van der Waals surface area contributed by atoms with E-state index in [0.29, 0.717) is 34.3 Å². The maximum Gasteiger partial charge on any atom is 0.332 e. The van der Waals surface area contributed by atoms with E-state index in [2.05, 4.69) is 5.32 Å². The fourth-order valence-corrected chi connectivity index (χ4v) is 2.94. The first-order valence-electron chi connectivity index (χ1n) is 7.67. The Labute approximate surface area is 155 Å². The van der Waals surface area contributed by atoms with Crippen molar-refractivity contribution in [2.45, 2.75) is 18.4 Å². The average Bonchev–Trinajstić information content (AvgIpc) is 3.40. The zero-order chi connectivity index (χ0) is 18.0. The summed E-state index contributed by atoms with van der Waals surface area (Å²) in [7, 11) is 1.32. The summed E-state index contributed by atoms with van der Waals surface area (Å²) in [5.74, 6) is -0.436. The number of urea groups is 1. The fourth-order valence-electron chi connectivity index (χ4n) is 2.69. The van der Waals surface area contributed by atoms with Gasteiger partial charge in [-0.2, -0.15) is 0 Å². The lowest BCUT2D eigenvalue weighted by Gasteiger charge is -2.30. The third kappa shape index (κ3) is 3.57. The minimum Gasteiger partial charge on any atom is -0.467 e. The van der Waals surface area contributed by atoms with Crippen LogP contribution in [0.4, 0.5) is 16.2 Å². The third-order valence-corrected chi connectivity index (χ3v) is 4.60. The summed E-state index contributed by atoms with van der Waals surface area (Å²) in [6.45, 7) is 0. The molecule has 0 radical (unpaired) electrons. The number of hydrogen-bond acceptors (Lipinski definition) is 3. The molecule has 7 heteroatoms. The second kappa shape index (κ2) is 6.94. The average molecular weight is 379 g/mol. The lowest BCUT2D eigenvalue weighted by Crippen LogP contribution is -2.50. The Morgan fingerprint density at radius 3 is 2.00 bits per heavy atom. The first-order valence-corrected chi connectivity index (χ1v) is 8.43. The predicted molar refractivity (Wildman–Crippen MR) is 98.4 cm³/mol. The maximum absolute atomic E-state index is 12.9. The number of nitrogens with one attached hydrogen (secondary N) is 1. The highest BCUT2D eigenvalue weighted by atomic mass is 35.5. The van der Waals surface area contributed by atoms with E-state index in [1.54, 1.807) is 48.5 Å². The van der Waals surface area contributed by atoms with Crippen LogP contribution in [0.15, 0.2) is 48.5 Å².